The molecule has 3 fully saturated rings. The maximum Gasteiger partial charge on any atom is 0.226 e. The minimum absolute atomic E-state index is 0.307. The van der Waals surface area contributed by atoms with E-state index in [-0.39, 0.29) is 0 Å². The fourth-order valence-electron chi connectivity index (χ4n) is 3.12. The molecular formula is C12H18BrNO2. The minimum atomic E-state index is 0.307. The molecule has 3 rings (SSSR count). The van der Waals surface area contributed by atoms with Gasteiger partial charge in [0.1, 0.15) is 0 Å². The van der Waals surface area contributed by atoms with E-state index in [1.165, 1.54) is 12.8 Å². The highest BCUT2D eigenvalue weighted by Crippen LogP contribution is 2.39. The summed E-state index contributed by atoms with van der Waals surface area (Å²) in [6.45, 7) is 2.63. The van der Waals surface area contributed by atoms with Gasteiger partial charge in [0.15, 0.2) is 0 Å². The van der Waals surface area contributed by atoms with Crippen molar-refractivity contribution in [3.63, 3.8) is 0 Å². The highest BCUT2D eigenvalue weighted by molar-refractivity contribution is 9.09. The van der Waals surface area contributed by atoms with E-state index in [9.17, 15) is 4.79 Å². The number of hydrogen-bond donors (Lipinski definition) is 0. The number of carbonyl (C=O) groups excluding carboxylic acids is 1. The maximum atomic E-state index is 12.3. The van der Waals surface area contributed by atoms with Gasteiger partial charge in [-0.05, 0) is 31.6 Å². The van der Waals surface area contributed by atoms with E-state index in [1.54, 1.807) is 0 Å². The van der Waals surface area contributed by atoms with Crippen LogP contribution in [0.25, 0.3) is 0 Å². The number of ether oxygens (including phenoxy) is 1. The second-order valence-electron chi connectivity index (χ2n) is 5.31. The molecule has 3 aliphatic rings. The number of halogens is 1. The van der Waals surface area contributed by atoms with Crippen LogP contribution < -0.4 is 0 Å². The molecular weight excluding hydrogens is 270 g/mol. The molecule has 0 N–H and O–H groups in total. The average molecular weight is 288 g/mol. The van der Waals surface area contributed by atoms with Crippen molar-refractivity contribution in [2.24, 2.45) is 11.8 Å². The van der Waals surface area contributed by atoms with Crippen LogP contribution in [0.1, 0.15) is 25.7 Å². The normalized spacial score (nSPS) is 43.1. The number of rotatable bonds is 2. The van der Waals surface area contributed by atoms with Crippen LogP contribution in [0.2, 0.25) is 0 Å². The zero-order chi connectivity index (χ0) is 11.1. The molecule has 2 saturated heterocycles. The lowest BCUT2D eigenvalue weighted by atomic mass is 9.74. The first-order valence-electron chi connectivity index (χ1n) is 6.28. The van der Waals surface area contributed by atoms with Gasteiger partial charge in [-0.15, -0.1) is 0 Å². The Morgan fingerprint density at radius 3 is 2.94 bits per heavy atom. The summed E-state index contributed by atoms with van der Waals surface area (Å²) in [5.74, 6) is 1.33. The fourth-order valence-corrected chi connectivity index (χ4v) is 3.86. The molecule has 1 saturated carbocycles. The molecule has 90 valence electrons. The highest BCUT2D eigenvalue weighted by Gasteiger charge is 2.41. The molecule has 16 heavy (non-hydrogen) atoms. The molecule has 2 aliphatic heterocycles. The Labute approximate surface area is 105 Å². The van der Waals surface area contributed by atoms with Gasteiger partial charge < -0.3 is 9.64 Å². The maximum absolute atomic E-state index is 12.3. The van der Waals surface area contributed by atoms with E-state index < -0.39 is 0 Å². The molecule has 2 heterocycles. The van der Waals surface area contributed by atoms with Crippen molar-refractivity contribution in [2.45, 2.75) is 36.6 Å². The third kappa shape index (κ3) is 2.14. The van der Waals surface area contributed by atoms with Crippen LogP contribution in [0.15, 0.2) is 0 Å². The van der Waals surface area contributed by atoms with E-state index in [2.05, 4.69) is 15.9 Å². The monoisotopic (exact) mass is 287 g/mol. The predicted octanol–water partition coefficient (Wildman–Crippen LogP) is 1.80. The number of carbonyl (C=O) groups is 1. The fraction of sp³-hybridized carbons (Fsp3) is 0.917. The van der Waals surface area contributed by atoms with Crippen molar-refractivity contribution in [3.8, 4) is 0 Å². The molecule has 0 spiro atoms. The van der Waals surface area contributed by atoms with Crippen LogP contribution in [0, 0.1) is 11.8 Å². The topological polar surface area (TPSA) is 32.8 Å². The van der Waals surface area contributed by atoms with Crippen molar-refractivity contribution < 1.29 is 9.53 Å². The molecule has 1 aliphatic carbocycles. The SMILES string of the molecule is O=C1C2CCC(Br)C[C@@H]2CCN1C[C@@H]1CO1. The van der Waals surface area contributed by atoms with Gasteiger partial charge in [0.2, 0.25) is 5.91 Å². The number of likely N-dealkylation sites (tertiary alicyclic amines) is 1. The Hall–Kier alpha value is -0.0900. The molecule has 3 nitrogen and oxygen atoms in total. The van der Waals surface area contributed by atoms with Crippen LogP contribution in [-0.4, -0.2) is 41.4 Å². The zero-order valence-corrected chi connectivity index (χ0v) is 11.0. The molecule has 0 aromatic rings. The van der Waals surface area contributed by atoms with E-state index >= 15 is 0 Å². The highest BCUT2D eigenvalue weighted by atomic mass is 79.9. The summed E-state index contributed by atoms with van der Waals surface area (Å²) in [4.78, 5) is 15.0. The van der Waals surface area contributed by atoms with Crippen molar-refractivity contribution in [3.05, 3.63) is 0 Å². The summed E-state index contributed by atoms with van der Waals surface area (Å²) >= 11 is 3.69. The van der Waals surface area contributed by atoms with Gasteiger partial charge in [0.05, 0.1) is 12.7 Å². The Bertz CT molecular complexity index is 293. The smallest absolute Gasteiger partial charge is 0.226 e. The average Bonchev–Trinajstić information content (AvgIpc) is 3.06. The second kappa shape index (κ2) is 4.30. The summed E-state index contributed by atoms with van der Waals surface area (Å²) in [7, 11) is 0. The third-order valence-electron chi connectivity index (χ3n) is 4.14. The number of nitrogens with zero attached hydrogens (tertiary/aromatic N) is 1. The first-order valence-corrected chi connectivity index (χ1v) is 7.20. The van der Waals surface area contributed by atoms with Gasteiger partial charge in [0.25, 0.3) is 0 Å². The standard InChI is InChI=1S/C12H18BrNO2/c13-9-1-2-11-8(5-9)3-4-14(12(11)15)6-10-7-16-10/h8-11H,1-7H2/t8-,9?,10+,11?/m0/s1. The van der Waals surface area contributed by atoms with Gasteiger partial charge in [0, 0.05) is 23.8 Å². The number of piperidine rings is 1. The predicted molar refractivity (Wildman–Crippen MR) is 64.5 cm³/mol. The Morgan fingerprint density at radius 1 is 1.38 bits per heavy atom. The first-order chi connectivity index (χ1) is 7.74. The number of amides is 1. The van der Waals surface area contributed by atoms with Gasteiger partial charge >= 0.3 is 0 Å². The number of fused-ring (bicyclic) bond motifs is 1. The lowest BCUT2D eigenvalue weighted by molar-refractivity contribution is -0.143. The lowest BCUT2D eigenvalue weighted by Crippen LogP contribution is -2.48. The minimum Gasteiger partial charge on any atom is -0.371 e. The molecule has 0 aromatic heterocycles. The number of hydrogen-bond acceptors (Lipinski definition) is 2. The van der Waals surface area contributed by atoms with Gasteiger partial charge in [-0.1, -0.05) is 15.9 Å². The van der Waals surface area contributed by atoms with Crippen LogP contribution in [0.4, 0.5) is 0 Å². The molecule has 4 heteroatoms. The van der Waals surface area contributed by atoms with E-state index in [1.807, 2.05) is 4.90 Å². The van der Waals surface area contributed by atoms with Crippen LogP contribution in [-0.2, 0) is 9.53 Å². The van der Waals surface area contributed by atoms with E-state index in [4.69, 9.17) is 4.74 Å². The van der Waals surface area contributed by atoms with Crippen molar-refractivity contribution in [2.75, 3.05) is 19.7 Å². The summed E-state index contributed by atoms with van der Waals surface area (Å²) in [5, 5.41) is 0. The summed E-state index contributed by atoms with van der Waals surface area (Å²) < 4.78 is 5.21. The second-order valence-corrected chi connectivity index (χ2v) is 6.60. The lowest BCUT2D eigenvalue weighted by Gasteiger charge is -2.41. The van der Waals surface area contributed by atoms with Crippen LogP contribution >= 0.6 is 15.9 Å². The van der Waals surface area contributed by atoms with Crippen molar-refractivity contribution in [1.82, 2.24) is 4.90 Å². The van der Waals surface area contributed by atoms with Crippen LogP contribution in [0.5, 0.6) is 0 Å². The quantitative estimate of drug-likeness (QED) is 0.573. The van der Waals surface area contributed by atoms with E-state index in [0.29, 0.717) is 28.7 Å². The molecule has 0 bridgehead atoms. The summed E-state index contributed by atoms with van der Waals surface area (Å²) in [5.41, 5.74) is 0. The Balaban J connectivity index is 1.64. The molecule has 2 unspecified atom stereocenters. The largest absolute Gasteiger partial charge is 0.371 e. The Morgan fingerprint density at radius 2 is 2.19 bits per heavy atom. The number of alkyl halides is 1. The third-order valence-corrected chi connectivity index (χ3v) is 4.98. The summed E-state index contributed by atoms with van der Waals surface area (Å²) in [6.07, 6.45) is 4.94. The molecule has 0 radical (unpaired) electrons. The number of epoxide rings is 1. The molecule has 4 atom stereocenters. The van der Waals surface area contributed by atoms with Crippen molar-refractivity contribution in [1.29, 1.82) is 0 Å². The van der Waals surface area contributed by atoms with E-state index in [0.717, 1.165) is 32.5 Å². The van der Waals surface area contributed by atoms with Crippen molar-refractivity contribution >= 4 is 21.8 Å². The van der Waals surface area contributed by atoms with Gasteiger partial charge in [-0.2, -0.15) is 0 Å². The van der Waals surface area contributed by atoms with Gasteiger partial charge in [-0.25, -0.2) is 0 Å². The van der Waals surface area contributed by atoms with Gasteiger partial charge in [-0.3, -0.25) is 4.79 Å². The summed E-state index contributed by atoms with van der Waals surface area (Å²) in [6, 6.07) is 0. The molecule has 0 aromatic carbocycles. The first kappa shape index (κ1) is 11.0. The van der Waals surface area contributed by atoms with Crippen LogP contribution in [0.3, 0.4) is 0 Å². The zero-order valence-electron chi connectivity index (χ0n) is 9.40. The Kier molecular flexibility index (Phi) is 2.96. The molecule has 1 amide bonds.